The fraction of sp³-hybridized carbons (Fsp3) is 0.200. The van der Waals surface area contributed by atoms with Gasteiger partial charge < -0.3 is 9.64 Å². The largest absolute Gasteiger partial charge is 0.378 e. The van der Waals surface area contributed by atoms with Crippen molar-refractivity contribution in [1.82, 2.24) is 14.2 Å². The first-order valence-electron chi connectivity index (χ1n) is 10.9. The lowest BCUT2D eigenvalue weighted by Gasteiger charge is -2.29. The number of anilines is 1. The van der Waals surface area contributed by atoms with Crippen LogP contribution in [0.3, 0.4) is 0 Å². The number of nitriles is 2. The number of ether oxygens (including phenoxy) is 1. The van der Waals surface area contributed by atoms with Crippen molar-refractivity contribution in [2.75, 3.05) is 31.2 Å². The molecule has 4 aromatic rings. The van der Waals surface area contributed by atoms with E-state index in [2.05, 4.69) is 22.1 Å². The first-order chi connectivity index (χ1) is 16.6. The number of H-pyrrole nitrogens is 1. The second kappa shape index (κ2) is 8.99. The molecule has 0 spiro atoms. The van der Waals surface area contributed by atoms with Gasteiger partial charge in [-0.1, -0.05) is 42.5 Å². The summed E-state index contributed by atoms with van der Waals surface area (Å²) in [7, 11) is 0. The fourth-order valence-electron chi connectivity index (χ4n) is 4.38. The number of benzene rings is 2. The van der Waals surface area contributed by atoms with Gasteiger partial charge in [-0.05, 0) is 35.5 Å². The molecule has 1 aliphatic heterocycles. The summed E-state index contributed by atoms with van der Waals surface area (Å²) >= 11 is 5.54. The summed E-state index contributed by atoms with van der Waals surface area (Å²) in [6, 6.07) is 22.0. The van der Waals surface area contributed by atoms with Gasteiger partial charge in [0.2, 0.25) is 0 Å². The Morgan fingerprint density at radius 3 is 2.29 bits per heavy atom. The van der Waals surface area contributed by atoms with Crippen molar-refractivity contribution in [3.05, 3.63) is 81.5 Å². The lowest BCUT2D eigenvalue weighted by Crippen LogP contribution is -2.36. The van der Waals surface area contributed by atoms with E-state index < -0.39 is 0 Å². The van der Waals surface area contributed by atoms with Crippen molar-refractivity contribution in [1.29, 1.82) is 15.9 Å². The van der Waals surface area contributed by atoms with E-state index in [4.69, 9.17) is 22.4 Å². The molecule has 9 heteroatoms. The zero-order valence-corrected chi connectivity index (χ0v) is 19.1. The Balaban J connectivity index is 1.71. The molecule has 5 rings (SSSR count). The smallest absolute Gasteiger partial charge is 0.194 e. The Morgan fingerprint density at radius 1 is 0.971 bits per heavy atom. The molecule has 1 aliphatic rings. The minimum Gasteiger partial charge on any atom is -0.378 e. The van der Waals surface area contributed by atoms with E-state index in [1.165, 1.54) is 4.52 Å². The number of aromatic amines is 1. The van der Waals surface area contributed by atoms with Gasteiger partial charge in [-0.3, -0.25) is 15.1 Å². The van der Waals surface area contributed by atoms with Crippen LogP contribution in [0.2, 0.25) is 0 Å². The third kappa shape index (κ3) is 3.67. The van der Waals surface area contributed by atoms with Crippen LogP contribution < -0.4 is 10.4 Å². The van der Waals surface area contributed by atoms with E-state index in [1.54, 1.807) is 4.57 Å². The molecule has 168 valence electrons. The predicted molar refractivity (Wildman–Crippen MR) is 130 cm³/mol. The van der Waals surface area contributed by atoms with Gasteiger partial charge in [0.05, 0.1) is 19.8 Å². The quantitative estimate of drug-likeness (QED) is 0.446. The maximum absolute atomic E-state index is 10.2. The molecule has 0 bridgehead atoms. The van der Waals surface area contributed by atoms with Gasteiger partial charge in [-0.25, -0.2) is 4.52 Å². The maximum Gasteiger partial charge on any atom is 0.194 e. The lowest BCUT2D eigenvalue weighted by atomic mass is 9.96. The minimum atomic E-state index is -0.0401. The van der Waals surface area contributed by atoms with Gasteiger partial charge >= 0.3 is 0 Å². The normalized spacial score (nSPS) is 13.5. The van der Waals surface area contributed by atoms with Crippen molar-refractivity contribution in [3.8, 4) is 23.3 Å². The van der Waals surface area contributed by atoms with Gasteiger partial charge in [0.1, 0.15) is 23.3 Å². The Kier molecular flexibility index (Phi) is 5.72. The van der Waals surface area contributed by atoms with Crippen LogP contribution in [0.5, 0.6) is 0 Å². The van der Waals surface area contributed by atoms with E-state index in [9.17, 15) is 10.5 Å². The predicted octanol–water partition coefficient (Wildman–Crippen LogP) is 3.57. The molecule has 2 aromatic heterocycles. The Morgan fingerprint density at radius 2 is 1.65 bits per heavy atom. The molecule has 34 heavy (non-hydrogen) atoms. The number of pyridine rings is 1. The van der Waals surface area contributed by atoms with Crippen LogP contribution in [0.15, 0.2) is 54.6 Å². The molecule has 0 atom stereocenters. The molecule has 3 heterocycles. The van der Waals surface area contributed by atoms with Crippen LogP contribution in [-0.4, -0.2) is 40.5 Å². The van der Waals surface area contributed by atoms with Gasteiger partial charge in [-0.15, -0.1) is 0 Å². The van der Waals surface area contributed by atoms with Crippen LogP contribution in [0.1, 0.15) is 16.7 Å². The summed E-state index contributed by atoms with van der Waals surface area (Å²) in [6.07, 6.45) is 0. The Bertz CT molecular complexity index is 1560. The van der Waals surface area contributed by atoms with Crippen molar-refractivity contribution >= 4 is 23.6 Å². The summed E-state index contributed by atoms with van der Waals surface area (Å²) in [4.78, 5) is 2.24. The van der Waals surface area contributed by atoms with Crippen LogP contribution in [0.4, 0.5) is 5.69 Å². The molecule has 2 aromatic carbocycles. The Hall–Kier alpha value is -4.18. The number of fused-ring (bicyclic) bond motifs is 1. The molecule has 0 saturated carbocycles. The second-order valence-electron chi connectivity index (χ2n) is 7.99. The molecular formula is C25H21N7OS. The number of aromatic nitrogens is 3. The SMILES string of the molecule is N#Cc1c(-c2ccc(N3CCOCC3)cc2)c(C#N)c2n(Cc3ccccc3)c(=S)[nH]n2c1=N. The van der Waals surface area contributed by atoms with Crippen molar-refractivity contribution in [3.63, 3.8) is 0 Å². The van der Waals surface area contributed by atoms with Gasteiger partial charge in [-0.2, -0.15) is 10.5 Å². The van der Waals surface area contributed by atoms with Crippen LogP contribution in [0.25, 0.3) is 16.8 Å². The molecule has 0 radical (unpaired) electrons. The lowest BCUT2D eigenvalue weighted by molar-refractivity contribution is 0.122. The summed E-state index contributed by atoms with van der Waals surface area (Å²) in [5, 5.41) is 31.9. The van der Waals surface area contributed by atoms with Gasteiger partial charge in [0, 0.05) is 24.3 Å². The number of rotatable bonds is 4. The summed E-state index contributed by atoms with van der Waals surface area (Å²) in [5.41, 5.74) is 4.06. The average Bonchev–Trinajstić information content (AvgIpc) is 3.21. The third-order valence-electron chi connectivity index (χ3n) is 6.04. The van der Waals surface area contributed by atoms with Crippen LogP contribution in [0, 0.1) is 32.8 Å². The highest BCUT2D eigenvalue weighted by Crippen LogP contribution is 2.30. The maximum atomic E-state index is 10.2. The van der Waals surface area contributed by atoms with E-state index >= 15 is 0 Å². The van der Waals surface area contributed by atoms with Gasteiger partial charge in [0.15, 0.2) is 15.9 Å². The molecule has 1 saturated heterocycles. The fourth-order valence-corrected chi connectivity index (χ4v) is 4.62. The number of morpholine rings is 1. The molecule has 8 nitrogen and oxygen atoms in total. The zero-order chi connectivity index (χ0) is 23.7. The first-order valence-corrected chi connectivity index (χ1v) is 11.3. The molecule has 1 fully saturated rings. The summed E-state index contributed by atoms with van der Waals surface area (Å²) in [5.74, 6) is 0. The molecule has 0 unspecified atom stereocenters. The zero-order valence-electron chi connectivity index (χ0n) is 18.3. The molecule has 2 N–H and O–H groups in total. The summed E-state index contributed by atoms with van der Waals surface area (Å²) < 4.78 is 9.03. The molecule has 0 aliphatic carbocycles. The number of hydrogen-bond acceptors (Lipinski definition) is 6. The van der Waals surface area contributed by atoms with E-state index in [0.29, 0.717) is 46.9 Å². The van der Waals surface area contributed by atoms with Gasteiger partial charge in [0.25, 0.3) is 0 Å². The van der Waals surface area contributed by atoms with E-state index in [1.807, 2.05) is 54.6 Å². The monoisotopic (exact) mass is 467 g/mol. The van der Waals surface area contributed by atoms with Crippen LogP contribution in [-0.2, 0) is 11.3 Å². The number of hydrogen-bond donors (Lipinski definition) is 2. The summed E-state index contributed by atoms with van der Waals surface area (Å²) in [6.45, 7) is 3.44. The van der Waals surface area contributed by atoms with E-state index in [-0.39, 0.29) is 11.1 Å². The average molecular weight is 468 g/mol. The third-order valence-corrected chi connectivity index (χ3v) is 6.36. The first kappa shape index (κ1) is 21.7. The van der Waals surface area contributed by atoms with Crippen molar-refractivity contribution in [2.45, 2.75) is 6.54 Å². The Labute approximate surface area is 201 Å². The number of nitrogens with one attached hydrogen (secondary N) is 2. The minimum absolute atomic E-state index is 0.0401. The highest BCUT2D eigenvalue weighted by molar-refractivity contribution is 7.71. The molecule has 0 amide bonds. The van der Waals surface area contributed by atoms with E-state index in [0.717, 1.165) is 24.3 Å². The van der Waals surface area contributed by atoms with Crippen molar-refractivity contribution < 1.29 is 4.74 Å². The highest BCUT2D eigenvalue weighted by atomic mass is 32.1. The van der Waals surface area contributed by atoms with Crippen LogP contribution >= 0.6 is 12.2 Å². The van der Waals surface area contributed by atoms with Crippen molar-refractivity contribution in [2.24, 2.45) is 0 Å². The topological polar surface area (TPSA) is 109 Å². The number of nitrogens with zero attached hydrogens (tertiary/aromatic N) is 5. The standard InChI is InChI=1S/C25H21N7OS/c26-14-20-22(18-6-8-19(9-7-18)30-10-12-33-13-11-30)21(15-27)24-31(16-17-4-2-1-3-5-17)25(34)29-32(24)23(20)28/h1-9,28H,10-13,16H2,(H,29,34). The highest BCUT2D eigenvalue weighted by Gasteiger charge is 2.22. The second-order valence-corrected chi connectivity index (χ2v) is 8.38. The molecular weight excluding hydrogens is 446 g/mol.